The van der Waals surface area contributed by atoms with Crippen LogP contribution in [0.25, 0.3) is 0 Å². The Hall–Kier alpha value is -0.210. The van der Waals surface area contributed by atoms with E-state index in [2.05, 4.69) is 5.32 Å². The van der Waals surface area contributed by atoms with Crippen molar-refractivity contribution in [3.05, 3.63) is 10.7 Å². The van der Waals surface area contributed by atoms with Gasteiger partial charge in [-0.2, -0.15) is 0 Å². The van der Waals surface area contributed by atoms with E-state index in [0.717, 1.165) is 17.4 Å². The van der Waals surface area contributed by atoms with Gasteiger partial charge in [0, 0.05) is 7.05 Å². The Bertz CT molecular complexity index is 128. The first-order chi connectivity index (χ1) is 4.59. The highest BCUT2D eigenvalue weighted by atomic mass is 35.5. The third-order valence-corrected chi connectivity index (χ3v) is 1.81. The van der Waals surface area contributed by atoms with Crippen LogP contribution >= 0.6 is 11.6 Å². The second-order valence-corrected chi connectivity index (χ2v) is 2.86. The fraction of sp³-hybridized carbons (Fsp3) is 0.714. The monoisotopic (exact) mass is 162 g/mol. The molecule has 0 saturated carbocycles. The quantitative estimate of drug-likeness (QED) is 0.501. The molecule has 0 bridgehead atoms. The Morgan fingerprint density at radius 1 is 1.50 bits per heavy atom. The van der Waals surface area contributed by atoms with E-state index in [1.807, 2.05) is 32.8 Å². The van der Waals surface area contributed by atoms with E-state index in [1.54, 1.807) is 0 Å². The smallest absolute Gasteiger partial charge is 0.104 e. The predicted octanol–water partition coefficient (Wildman–Crippen LogP) is 1.59. The third-order valence-electron chi connectivity index (χ3n) is 1.14. The molecule has 0 unspecified atom stereocenters. The molecule has 0 radical (unpaired) electrons. The first-order valence-corrected chi connectivity index (χ1v) is 3.66. The summed E-state index contributed by atoms with van der Waals surface area (Å²) in [4.78, 5) is 1.96. The highest BCUT2D eigenvalue weighted by Gasteiger charge is 1.99. The van der Waals surface area contributed by atoms with E-state index in [-0.39, 0.29) is 0 Å². The molecule has 3 heteroatoms. The van der Waals surface area contributed by atoms with Gasteiger partial charge in [-0.05, 0) is 26.5 Å². The topological polar surface area (TPSA) is 15.3 Å². The van der Waals surface area contributed by atoms with E-state index in [0.29, 0.717) is 0 Å². The van der Waals surface area contributed by atoms with Gasteiger partial charge in [0.1, 0.15) is 5.16 Å². The molecule has 0 aromatic rings. The third kappa shape index (κ3) is 3.08. The molecular formula is C7H15ClN2. The van der Waals surface area contributed by atoms with Crippen LogP contribution in [0.4, 0.5) is 0 Å². The maximum absolute atomic E-state index is 5.91. The zero-order chi connectivity index (χ0) is 8.15. The minimum Gasteiger partial charge on any atom is -0.353 e. The SMILES string of the molecule is CNCN(C)C(Cl)=C(C)C. The van der Waals surface area contributed by atoms with Gasteiger partial charge in [-0.15, -0.1) is 0 Å². The van der Waals surface area contributed by atoms with E-state index in [4.69, 9.17) is 11.6 Å². The van der Waals surface area contributed by atoms with Crippen molar-refractivity contribution in [3.63, 3.8) is 0 Å². The Labute approximate surface area is 67.9 Å². The molecule has 0 atom stereocenters. The molecule has 0 spiro atoms. The highest BCUT2D eigenvalue weighted by Crippen LogP contribution is 2.10. The zero-order valence-corrected chi connectivity index (χ0v) is 7.79. The average Bonchev–Trinajstić information content (AvgIpc) is 1.87. The molecule has 0 heterocycles. The van der Waals surface area contributed by atoms with E-state index < -0.39 is 0 Å². The van der Waals surface area contributed by atoms with E-state index in [1.165, 1.54) is 0 Å². The van der Waals surface area contributed by atoms with Crippen LogP contribution in [-0.2, 0) is 0 Å². The molecule has 1 N–H and O–H groups in total. The number of rotatable bonds is 3. The lowest BCUT2D eigenvalue weighted by atomic mass is 10.4. The van der Waals surface area contributed by atoms with Gasteiger partial charge >= 0.3 is 0 Å². The van der Waals surface area contributed by atoms with Crippen LogP contribution < -0.4 is 5.32 Å². The van der Waals surface area contributed by atoms with Crippen molar-refractivity contribution in [2.75, 3.05) is 20.8 Å². The van der Waals surface area contributed by atoms with Crippen LogP contribution in [0.15, 0.2) is 10.7 Å². The summed E-state index contributed by atoms with van der Waals surface area (Å²) in [7, 11) is 3.84. The van der Waals surface area contributed by atoms with Crippen LogP contribution in [0, 0.1) is 0 Å². The molecule has 0 aromatic carbocycles. The standard InChI is InChI=1S/C7H15ClN2/c1-6(2)7(8)10(4)5-9-3/h9H,5H2,1-4H3. The Balaban J connectivity index is 3.94. The van der Waals surface area contributed by atoms with Crippen LogP contribution in [-0.4, -0.2) is 25.7 Å². The lowest BCUT2D eigenvalue weighted by Crippen LogP contribution is -2.26. The number of halogens is 1. The minimum absolute atomic E-state index is 0.782. The molecule has 60 valence electrons. The molecule has 0 aliphatic rings. The van der Waals surface area contributed by atoms with Crippen LogP contribution in [0.5, 0.6) is 0 Å². The molecule has 0 aliphatic carbocycles. The van der Waals surface area contributed by atoms with Gasteiger partial charge < -0.3 is 10.2 Å². The van der Waals surface area contributed by atoms with Gasteiger partial charge in [-0.1, -0.05) is 11.6 Å². The second kappa shape index (κ2) is 4.58. The number of nitrogens with one attached hydrogen (secondary N) is 1. The Morgan fingerprint density at radius 3 is 2.30 bits per heavy atom. The van der Waals surface area contributed by atoms with Crippen molar-refractivity contribution < 1.29 is 0 Å². The van der Waals surface area contributed by atoms with Crippen molar-refractivity contribution in [2.45, 2.75) is 13.8 Å². The molecular weight excluding hydrogens is 148 g/mol. The van der Waals surface area contributed by atoms with Gasteiger partial charge in [0.05, 0.1) is 6.67 Å². The number of allylic oxidation sites excluding steroid dienone is 1. The average molecular weight is 163 g/mol. The molecule has 0 saturated heterocycles. The normalized spacial score (nSPS) is 9.30. The second-order valence-electron chi connectivity index (χ2n) is 2.50. The summed E-state index contributed by atoms with van der Waals surface area (Å²) in [6.07, 6.45) is 0. The van der Waals surface area contributed by atoms with Crippen molar-refractivity contribution in [1.82, 2.24) is 10.2 Å². The van der Waals surface area contributed by atoms with Gasteiger partial charge in [-0.25, -0.2) is 0 Å². The Kier molecular flexibility index (Phi) is 4.49. The summed E-state index contributed by atoms with van der Waals surface area (Å²) >= 11 is 5.91. The highest BCUT2D eigenvalue weighted by molar-refractivity contribution is 6.29. The molecule has 10 heavy (non-hydrogen) atoms. The van der Waals surface area contributed by atoms with Crippen molar-refractivity contribution in [2.24, 2.45) is 0 Å². The molecule has 2 nitrogen and oxygen atoms in total. The summed E-state index contributed by atoms with van der Waals surface area (Å²) in [6, 6.07) is 0. The molecule has 0 fully saturated rings. The van der Waals surface area contributed by atoms with Crippen molar-refractivity contribution in [3.8, 4) is 0 Å². The van der Waals surface area contributed by atoms with Gasteiger partial charge in [0.2, 0.25) is 0 Å². The molecule has 0 aromatic heterocycles. The number of hydrogen-bond donors (Lipinski definition) is 1. The molecule has 0 amide bonds. The van der Waals surface area contributed by atoms with E-state index in [9.17, 15) is 0 Å². The zero-order valence-electron chi connectivity index (χ0n) is 7.03. The Morgan fingerprint density at radius 2 is 2.00 bits per heavy atom. The maximum atomic E-state index is 5.91. The fourth-order valence-corrected chi connectivity index (χ4v) is 0.748. The lowest BCUT2D eigenvalue weighted by Gasteiger charge is -2.18. The first kappa shape index (κ1) is 9.79. The lowest BCUT2D eigenvalue weighted by molar-refractivity contribution is 0.412. The van der Waals surface area contributed by atoms with Crippen LogP contribution in [0.2, 0.25) is 0 Å². The number of nitrogens with zero attached hydrogens (tertiary/aromatic N) is 1. The van der Waals surface area contributed by atoms with Gasteiger partial charge in [-0.3, -0.25) is 0 Å². The fourth-order valence-electron chi connectivity index (χ4n) is 0.688. The molecule has 0 rings (SSSR count). The summed E-state index contributed by atoms with van der Waals surface area (Å²) < 4.78 is 0. The molecule has 0 aliphatic heterocycles. The minimum atomic E-state index is 0.782. The van der Waals surface area contributed by atoms with Crippen LogP contribution in [0.1, 0.15) is 13.8 Å². The largest absolute Gasteiger partial charge is 0.353 e. The first-order valence-electron chi connectivity index (χ1n) is 3.28. The van der Waals surface area contributed by atoms with Gasteiger partial charge in [0.25, 0.3) is 0 Å². The maximum Gasteiger partial charge on any atom is 0.104 e. The van der Waals surface area contributed by atoms with Crippen molar-refractivity contribution >= 4 is 11.6 Å². The van der Waals surface area contributed by atoms with Gasteiger partial charge in [0.15, 0.2) is 0 Å². The summed E-state index contributed by atoms with van der Waals surface area (Å²) in [5.41, 5.74) is 1.14. The number of hydrogen-bond acceptors (Lipinski definition) is 2. The summed E-state index contributed by atoms with van der Waals surface area (Å²) in [5, 5.41) is 3.82. The van der Waals surface area contributed by atoms with E-state index >= 15 is 0 Å². The van der Waals surface area contributed by atoms with Crippen molar-refractivity contribution in [1.29, 1.82) is 0 Å². The summed E-state index contributed by atoms with van der Waals surface area (Å²) in [5.74, 6) is 0. The van der Waals surface area contributed by atoms with Crippen LogP contribution in [0.3, 0.4) is 0 Å². The summed E-state index contributed by atoms with van der Waals surface area (Å²) in [6.45, 7) is 4.77. The predicted molar refractivity (Wildman–Crippen MR) is 45.9 cm³/mol.